The number of aryl methyl sites for hydroxylation is 1. The van der Waals surface area contributed by atoms with E-state index in [1.54, 1.807) is 13.3 Å². The Kier molecular flexibility index (Phi) is 4.45. The van der Waals surface area contributed by atoms with Gasteiger partial charge in [0.2, 0.25) is 0 Å². The van der Waals surface area contributed by atoms with E-state index in [1.165, 1.54) is 0 Å². The SMILES string of the molecule is CCNC(c1ccccc1Cl)c1c(OC)cnn1C. The molecule has 5 heteroatoms. The molecule has 0 fully saturated rings. The zero-order chi connectivity index (χ0) is 13.8. The van der Waals surface area contributed by atoms with E-state index in [0.29, 0.717) is 0 Å². The maximum Gasteiger partial charge on any atom is 0.161 e. The molecule has 0 aliphatic rings. The van der Waals surface area contributed by atoms with Crippen molar-refractivity contribution >= 4 is 11.6 Å². The fraction of sp³-hybridized carbons (Fsp3) is 0.357. The first-order valence-electron chi connectivity index (χ1n) is 6.22. The van der Waals surface area contributed by atoms with Gasteiger partial charge in [-0.2, -0.15) is 5.10 Å². The summed E-state index contributed by atoms with van der Waals surface area (Å²) in [5, 5.41) is 8.42. The standard InChI is InChI=1S/C14H18ClN3O/c1-4-16-13(10-7-5-6-8-11(10)15)14-12(19-3)9-17-18(14)2/h5-9,13,16H,4H2,1-3H3. The van der Waals surface area contributed by atoms with Gasteiger partial charge < -0.3 is 10.1 Å². The van der Waals surface area contributed by atoms with E-state index in [-0.39, 0.29) is 6.04 Å². The van der Waals surface area contributed by atoms with Crippen molar-refractivity contribution in [3.05, 3.63) is 46.7 Å². The second kappa shape index (κ2) is 6.08. The van der Waals surface area contributed by atoms with Crippen molar-refractivity contribution in [2.75, 3.05) is 13.7 Å². The summed E-state index contributed by atoms with van der Waals surface area (Å²) in [6.45, 7) is 2.89. The zero-order valence-electron chi connectivity index (χ0n) is 11.4. The summed E-state index contributed by atoms with van der Waals surface area (Å²) in [5.74, 6) is 0.758. The van der Waals surface area contributed by atoms with Gasteiger partial charge in [0, 0.05) is 12.1 Å². The Morgan fingerprint density at radius 2 is 2.16 bits per heavy atom. The van der Waals surface area contributed by atoms with Crippen LogP contribution in [-0.2, 0) is 7.05 Å². The number of benzene rings is 1. The molecule has 1 N–H and O–H groups in total. The highest BCUT2D eigenvalue weighted by atomic mass is 35.5. The third-order valence-corrected chi connectivity index (χ3v) is 3.41. The molecule has 0 bridgehead atoms. The smallest absolute Gasteiger partial charge is 0.161 e. The van der Waals surface area contributed by atoms with Gasteiger partial charge in [0.1, 0.15) is 5.69 Å². The molecule has 0 aliphatic heterocycles. The molecule has 0 saturated heterocycles. The molecular weight excluding hydrogens is 262 g/mol. The number of methoxy groups -OCH3 is 1. The number of aromatic nitrogens is 2. The van der Waals surface area contributed by atoms with Gasteiger partial charge >= 0.3 is 0 Å². The molecular formula is C14H18ClN3O. The van der Waals surface area contributed by atoms with Crippen molar-refractivity contribution in [2.24, 2.45) is 7.05 Å². The molecule has 2 rings (SSSR count). The molecule has 1 unspecified atom stereocenters. The third kappa shape index (κ3) is 2.74. The summed E-state index contributed by atoms with van der Waals surface area (Å²) >= 11 is 6.31. The van der Waals surface area contributed by atoms with Crippen LogP contribution in [0, 0.1) is 0 Å². The van der Waals surface area contributed by atoms with Crippen molar-refractivity contribution < 1.29 is 4.74 Å². The topological polar surface area (TPSA) is 39.1 Å². The van der Waals surface area contributed by atoms with Crippen LogP contribution < -0.4 is 10.1 Å². The molecule has 0 saturated carbocycles. The first-order valence-corrected chi connectivity index (χ1v) is 6.60. The predicted octanol–water partition coefficient (Wildman–Crippen LogP) is 2.78. The van der Waals surface area contributed by atoms with Gasteiger partial charge in [-0.1, -0.05) is 36.7 Å². The number of nitrogens with zero attached hydrogens (tertiary/aromatic N) is 2. The second-order valence-electron chi connectivity index (χ2n) is 4.23. The maximum absolute atomic E-state index is 6.31. The highest BCUT2D eigenvalue weighted by Crippen LogP contribution is 2.32. The number of halogens is 1. The van der Waals surface area contributed by atoms with Crippen LogP contribution in [0.3, 0.4) is 0 Å². The molecule has 0 aliphatic carbocycles. The van der Waals surface area contributed by atoms with E-state index in [4.69, 9.17) is 16.3 Å². The van der Waals surface area contributed by atoms with Crippen LogP contribution in [0.25, 0.3) is 0 Å². The third-order valence-electron chi connectivity index (χ3n) is 3.07. The van der Waals surface area contributed by atoms with Crippen molar-refractivity contribution in [1.82, 2.24) is 15.1 Å². The molecule has 0 radical (unpaired) electrons. The quantitative estimate of drug-likeness (QED) is 0.915. The Morgan fingerprint density at radius 3 is 2.79 bits per heavy atom. The van der Waals surface area contributed by atoms with Crippen LogP contribution in [0.2, 0.25) is 5.02 Å². The molecule has 1 heterocycles. The lowest BCUT2D eigenvalue weighted by atomic mass is 10.0. The van der Waals surface area contributed by atoms with E-state index in [2.05, 4.69) is 17.3 Å². The number of rotatable bonds is 5. The molecule has 1 atom stereocenters. The Hall–Kier alpha value is -1.52. The van der Waals surface area contributed by atoms with Gasteiger partial charge in [-0.25, -0.2) is 0 Å². The van der Waals surface area contributed by atoms with Crippen LogP contribution in [0.4, 0.5) is 0 Å². The molecule has 19 heavy (non-hydrogen) atoms. The normalized spacial score (nSPS) is 12.4. The minimum atomic E-state index is -0.0406. The summed E-state index contributed by atoms with van der Waals surface area (Å²) in [5.41, 5.74) is 1.99. The van der Waals surface area contributed by atoms with E-state index >= 15 is 0 Å². The largest absolute Gasteiger partial charge is 0.493 e. The van der Waals surface area contributed by atoms with E-state index in [9.17, 15) is 0 Å². The van der Waals surface area contributed by atoms with Crippen LogP contribution in [0.15, 0.2) is 30.5 Å². The van der Waals surface area contributed by atoms with Gasteiger partial charge in [0.05, 0.1) is 19.3 Å². The minimum Gasteiger partial charge on any atom is -0.493 e. The Morgan fingerprint density at radius 1 is 1.42 bits per heavy atom. The van der Waals surface area contributed by atoms with E-state index in [1.807, 2.05) is 36.0 Å². The molecule has 2 aromatic rings. The van der Waals surface area contributed by atoms with Crippen LogP contribution in [-0.4, -0.2) is 23.4 Å². The van der Waals surface area contributed by atoms with Crippen LogP contribution >= 0.6 is 11.6 Å². The van der Waals surface area contributed by atoms with Crippen molar-refractivity contribution in [3.63, 3.8) is 0 Å². The van der Waals surface area contributed by atoms with Crippen LogP contribution in [0.5, 0.6) is 5.75 Å². The predicted molar refractivity (Wildman–Crippen MR) is 76.7 cm³/mol. The van der Waals surface area contributed by atoms with Crippen molar-refractivity contribution in [2.45, 2.75) is 13.0 Å². The van der Waals surface area contributed by atoms with Crippen molar-refractivity contribution in [1.29, 1.82) is 0 Å². The first kappa shape index (κ1) is 13.9. The molecule has 0 spiro atoms. The number of hydrogen-bond acceptors (Lipinski definition) is 3. The summed E-state index contributed by atoms with van der Waals surface area (Å²) in [4.78, 5) is 0. The second-order valence-corrected chi connectivity index (χ2v) is 4.64. The molecule has 1 aromatic heterocycles. The Labute approximate surface area is 118 Å². The highest BCUT2D eigenvalue weighted by Gasteiger charge is 2.23. The van der Waals surface area contributed by atoms with Gasteiger partial charge in [0.25, 0.3) is 0 Å². The van der Waals surface area contributed by atoms with Gasteiger partial charge in [-0.3, -0.25) is 4.68 Å². The first-order chi connectivity index (χ1) is 9.19. The van der Waals surface area contributed by atoms with E-state index in [0.717, 1.165) is 28.6 Å². The molecule has 1 aromatic carbocycles. The number of nitrogens with one attached hydrogen (secondary N) is 1. The average Bonchev–Trinajstić information content (AvgIpc) is 2.78. The molecule has 4 nitrogen and oxygen atoms in total. The van der Waals surface area contributed by atoms with Gasteiger partial charge in [0.15, 0.2) is 5.75 Å². The lowest BCUT2D eigenvalue weighted by Gasteiger charge is -2.21. The average molecular weight is 280 g/mol. The van der Waals surface area contributed by atoms with E-state index < -0.39 is 0 Å². The lowest BCUT2D eigenvalue weighted by molar-refractivity contribution is 0.401. The Bertz CT molecular complexity index is 553. The summed E-state index contributed by atoms with van der Waals surface area (Å²) in [7, 11) is 3.55. The lowest BCUT2D eigenvalue weighted by Crippen LogP contribution is -2.25. The van der Waals surface area contributed by atoms with Crippen molar-refractivity contribution in [3.8, 4) is 5.75 Å². The maximum atomic E-state index is 6.31. The fourth-order valence-corrected chi connectivity index (χ4v) is 2.43. The van der Waals surface area contributed by atoms with Crippen LogP contribution in [0.1, 0.15) is 24.2 Å². The van der Waals surface area contributed by atoms with Gasteiger partial charge in [-0.15, -0.1) is 0 Å². The minimum absolute atomic E-state index is 0.0406. The Balaban J connectivity index is 2.51. The summed E-state index contributed by atoms with van der Waals surface area (Å²) in [6, 6.07) is 7.77. The summed E-state index contributed by atoms with van der Waals surface area (Å²) < 4.78 is 7.20. The number of ether oxygens (including phenoxy) is 1. The molecule has 102 valence electrons. The monoisotopic (exact) mass is 279 g/mol. The highest BCUT2D eigenvalue weighted by molar-refractivity contribution is 6.31. The fourth-order valence-electron chi connectivity index (χ4n) is 2.18. The van der Waals surface area contributed by atoms with Gasteiger partial charge in [-0.05, 0) is 18.2 Å². The molecule has 0 amide bonds. The number of hydrogen-bond donors (Lipinski definition) is 1. The zero-order valence-corrected chi connectivity index (χ0v) is 12.1. The summed E-state index contributed by atoms with van der Waals surface area (Å²) in [6.07, 6.45) is 1.72.